The van der Waals surface area contributed by atoms with Crippen LogP contribution < -0.4 is 0 Å². The Bertz CT molecular complexity index is 384. The monoisotopic (exact) mass is 283 g/mol. The SMILES string of the molecule is CCOC(=O)C1CCCN1C(=O)C1C(C)OC(C)C1C. The van der Waals surface area contributed by atoms with Gasteiger partial charge in [-0.1, -0.05) is 6.92 Å². The zero-order valence-electron chi connectivity index (χ0n) is 12.8. The van der Waals surface area contributed by atoms with Crippen molar-refractivity contribution in [2.75, 3.05) is 13.2 Å². The van der Waals surface area contributed by atoms with E-state index in [1.165, 1.54) is 0 Å². The molecular weight excluding hydrogens is 258 g/mol. The Balaban J connectivity index is 2.10. The minimum Gasteiger partial charge on any atom is -0.464 e. The van der Waals surface area contributed by atoms with E-state index in [1.54, 1.807) is 11.8 Å². The van der Waals surface area contributed by atoms with Crippen molar-refractivity contribution in [1.29, 1.82) is 0 Å². The zero-order valence-corrected chi connectivity index (χ0v) is 12.8. The van der Waals surface area contributed by atoms with Crippen LogP contribution in [-0.2, 0) is 19.1 Å². The number of carbonyl (C=O) groups excluding carboxylic acids is 2. The lowest BCUT2D eigenvalue weighted by Gasteiger charge is -2.28. The molecule has 5 unspecified atom stereocenters. The third kappa shape index (κ3) is 2.68. The van der Waals surface area contributed by atoms with Crippen LogP contribution in [0.1, 0.15) is 40.5 Å². The topological polar surface area (TPSA) is 55.8 Å². The number of hydrogen-bond acceptors (Lipinski definition) is 4. The summed E-state index contributed by atoms with van der Waals surface area (Å²) in [7, 11) is 0. The summed E-state index contributed by atoms with van der Waals surface area (Å²) in [4.78, 5) is 26.4. The summed E-state index contributed by atoms with van der Waals surface area (Å²) in [5, 5.41) is 0. The Hall–Kier alpha value is -1.10. The Labute approximate surface area is 120 Å². The Morgan fingerprint density at radius 1 is 1.25 bits per heavy atom. The molecule has 0 saturated carbocycles. The average molecular weight is 283 g/mol. The quantitative estimate of drug-likeness (QED) is 0.738. The minimum atomic E-state index is -0.405. The highest BCUT2D eigenvalue weighted by molar-refractivity contribution is 5.87. The van der Waals surface area contributed by atoms with Crippen LogP contribution in [0.4, 0.5) is 0 Å². The summed E-state index contributed by atoms with van der Waals surface area (Å²) in [6.45, 7) is 8.78. The molecule has 2 heterocycles. The first-order valence-electron chi connectivity index (χ1n) is 7.60. The van der Waals surface area contributed by atoms with E-state index in [2.05, 4.69) is 0 Å². The number of likely N-dealkylation sites (tertiary alicyclic amines) is 1. The van der Waals surface area contributed by atoms with Crippen molar-refractivity contribution in [1.82, 2.24) is 4.90 Å². The summed E-state index contributed by atoms with van der Waals surface area (Å²) in [5.74, 6) is -0.198. The summed E-state index contributed by atoms with van der Waals surface area (Å²) in [5.41, 5.74) is 0. The van der Waals surface area contributed by atoms with Crippen LogP contribution in [-0.4, -0.2) is 48.2 Å². The van der Waals surface area contributed by atoms with E-state index in [0.29, 0.717) is 19.6 Å². The van der Waals surface area contributed by atoms with Gasteiger partial charge < -0.3 is 14.4 Å². The predicted molar refractivity (Wildman–Crippen MR) is 74.0 cm³/mol. The first-order chi connectivity index (χ1) is 9.47. The molecule has 0 aliphatic carbocycles. The smallest absolute Gasteiger partial charge is 0.328 e. The number of ether oxygens (including phenoxy) is 2. The van der Waals surface area contributed by atoms with Crippen LogP contribution >= 0.6 is 0 Å². The van der Waals surface area contributed by atoms with E-state index in [0.717, 1.165) is 6.42 Å². The number of rotatable bonds is 3. The number of hydrogen-bond donors (Lipinski definition) is 0. The van der Waals surface area contributed by atoms with Crippen LogP contribution in [0, 0.1) is 11.8 Å². The number of esters is 1. The second kappa shape index (κ2) is 6.12. The van der Waals surface area contributed by atoms with Crippen molar-refractivity contribution in [3.8, 4) is 0 Å². The van der Waals surface area contributed by atoms with E-state index in [9.17, 15) is 9.59 Å². The molecule has 0 bridgehead atoms. The van der Waals surface area contributed by atoms with Gasteiger partial charge in [0.05, 0.1) is 24.7 Å². The Kier molecular flexibility index (Phi) is 4.68. The molecule has 114 valence electrons. The van der Waals surface area contributed by atoms with Gasteiger partial charge in [-0.05, 0) is 39.5 Å². The zero-order chi connectivity index (χ0) is 14.9. The number of amides is 1. The molecule has 2 fully saturated rings. The standard InChI is InChI=1S/C15H25NO4/c1-5-19-15(18)12-7-6-8-16(12)14(17)13-9(2)10(3)20-11(13)4/h9-13H,5-8H2,1-4H3. The van der Waals surface area contributed by atoms with Crippen LogP contribution in [0.2, 0.25) is 0 Å². The fourth-order valence-electron chi connectivity index (χ4n) is 3.40. The molecule has 2 aliphatic heterocycles. The molecule has 2 rings (SSSR count). The third-order valence-electron chi connectivity index (χ3n) is 4.62. The van der Waals surface area contributed by atoms with Gasteiger partial charge in [-0.3, -0.25) is 4.79 Å². The molecule has 0 aromatic rings. The maximum atomic E-state index is 12.8. The average Bonchev–Trinajstić information content (AvgIpc) is 2.96. The second-order valence-corrected chi connectivity index (χ2v) is 5.87. The minimum absolute atomic E-state index is 0.0462. The molecule has 0 aromatic carbocycles. The van der Waals surface area contributed by atoms with Crippen molar-refractivity contribution in [3.63, 3.8) is 0 Å². The van der Waals surface area contributed by atoms with E-state index in [4.69, 9.17) is 9.47 Å². The van der Waals surface area contributed by atoms with Crippen LogP contribution in [0.25, 0.3) is 0 Å². The molecule has 0 spiro atoms. The Morgan fingerprint density at radius 3 is 2.50 bits per heavy atom. The fraction of sp³-hybridized carbons (Fsp3) is 0.867. The van der Waals surface area contributed by atoms with Crippen molar-refractivity contribution < 1.29 is 19.1 Å². The van der Waals surface area contributed by atoms with Gasteiger partial charge in [0.2, 0.25) is 5.91 Å². The molecule has 2 aliphatic rings. The molecule has 5 atom stereocenters. The van der Waals surface area contributed by atoms with Gasteiger partial charge >= 0.3 is 5.97 Å². The largest absolute Gasteiger partial charge is 0.464 e. The van der Waals surface area contributed by atoms with E-state index >= 15 is 0 Å². The summed E-state index contributed by atoms with van der Waals surface area (Å²) in [6.07, 6.45) is 1.57. The molecule has 5 nitrogen and oxygen atoms in total. The maximum Gasteiger partial charge on any atom is 0.328 e. The number of nitrogens with zero attached hydrogens (tertiary/aromatic N) is 1. The van der Waals surface area contributed by atoms with Crippen LogP contribution in [0.15, 0.2) is 0 Å². The number of carbonyl (C=O) groups is 2. The van der Waals surface area contributed by atoms with Crippen molar-refractivity contribution >= 4 is 11.9 Å². The molecule has 0 aromatic heterocycles. The van der Waals surface area contributed by atoms with Crippen molar-refractivity contribution in [2.45, 2.75) is 58.8 Å². The van der Waals surface area contributed by atoms with Gasteiger partial charge in [-0.15, -0.1) is 0 Å². The lowest BCUT2D eigenvalue weighted by Crippen LogP contribution is -2.46. The van der Waals surface area contributed by atoms with E-state index in [1.807, 2.05) is 20.8 Å². The molecule has 5 heteroatoms. The first-order valence-corrected chi connectivity index (χ1v) is 7.60. The molecule has 0 N–H and O–H groups in total. The molecule has 1 amide bonds. The highest BCUT2D eigenvalue weighted by atomic mass is 16.5. The highest BCUT2D eigenvalue weighted by Crippen LogP contribution is 2.35. The van der Waals surface area contributed by atoms with Gasteiger partial charge in [-0.2, -0.15) is 0 Å². The summed E-state index contributed by atoms with van der Waals surface area (Å²) >= 11 is 0. The molecule has 20 heavy (non-hydrogen) atoms. The predicted octanol–water partition coefficient (Wildman–Crippen LogP) is 1.60. The van der Waals surface area contributed by atoms with E-state index < -0.39 is 6.04 Å². The van der Waals surface area contributed by atoms with E-state index in [-0.39, 0.29) is 35.9 Å². The van der Waals surface area contributed by atoms with Crippen molar-refractivity contribution in [2.24, 2.45) is 11.8 Å². The van der Waals surface area contributed by atoms with Gasteiger partial charge in [0, 0.05) is 6.54 Å². The van der Waals surface area contributed by atoms with Gasteiger partial charge in [0.1, 0.15) is 6.04 Å². The maximum absolute atomic E-state index is 12.8. The highest BCUT2D eigenvalue weighted by Gasteiger charge is 2.46. The normalized spacial score (nSPS) is 37.2. The van der Waals surface area contributed by atoms with Gasteiger partial charge in [-0.25, -0.2) is 4.79 Å². The summed E-state index contributed by atoms with van der Waals surface area (Å²) < 4.78 is 10.8. The third-order valence-corrected chi connectivity index (χ3v) is 4.62. The Morgan fingerprint density at radius 2 is 1.95 bits per heavy atom. The first kappa shape index (κ1) is 15.3. The van der Waals surface area contributed by atoms with Gasteiger partial charge in [0.15, 0.2) is 0 Å². The van der Waals surface area contributed by atoms with Crippen LogP contribution in [0.5, 0.6) is 0 Å². The molecule has 2 saturated heterocycles. The molecule has 0 radical (unpaired) electrons. The lowest BCUT2D eigenvalue weighted by atomic mass is 9.88. The fourth-order valence-corrected chi connectivity index (χ4v) is 3.40. The summed E-state index contributed by atoms with van der Waals surface area (Å²) in [6, 6.07) is -0.405. The lowest BCUT2D eigenvalue weighted by molar-refractivity contribution is -0.155. The van der Waals surface area contributed by atoms with Crippen molar-refractivity contribution in [3.05, 3.63) is 0 Å². The molecular formula is C15H25NO4. The van der Waals surface area contributed by atoms with Crippen LogP contribution in [0.3, 0.4) is 0 Å². The second-order valence-electron chi connectivity index (χ2n) is 5.87. The van der Waals surface area contributed by atoms with Gasteiger partial charge in [0.25, 0.3) is 0 Å².